The molecule has 0 bridgehead atoms. The molecular formula is C5H4N2Pd. The van der Waals surface area contributed by atoms with Crippen LogP contribution in [0.5, 0.6) is 0 Å². The van der Waals surface area contributed by atoms with Crippen molar-refractivity contribution in [2.75, 3.05) is 0 Å². The molecule has 3 heteroatoms. The van der Waals surface area contributed by atoms with Gasteiger partial charge in [-0.25, -0.2) is 6.21 Å². The molecule has 0 amide bonds. The van der Waals surface area contributed by atoms with Crippen molar-refractivity contribution in [2.24, 2.45) is 0 Å². The van der Waals surface area contributed by atoms with Crippen molar-refractivity contribution in [1.82, 2.24) is 4.98 Å². The zero-order valence-corrected chi connectivity index (χ0v) is 5.57. The van der Waals surface area contributed by atoms with E-state index in [4.69, 9.17) is 5.41 Å². The Labute approximate surface area is 61.5 Å². The summed E-state index contributed by atoms with van der Waals surface area (Å²) in [7, 11) is 0. The molecule has 0 unspecified atom stereocenters. The molecule has 0 saturated carbocycles. The van der Waals surface area contributed by atoms with Gasteiger partial charge in [-0.15, -0.1) is 0 Å². The Hall–Kier alpha value is -0.388. The van der Waals surface area contributed by atoms with Crippen molar-refractivity contribution >= 4 is 6.21 Å². The Morgan fingerprint density at radius 3 is 2.62 bits per heavy atom. The SMILES string of the molecule is [N-]=Cc1ccc[n-]1.[Pd+2]. The molecule has 1 heterocycles. The average molecular weight is 199 g/mol. The zero-order chi connectivity index (χ0) is 5.11. The summed E-state index contributed by atoms with van der Waals surface area (Å²) in [5, 5.41) is 8.24. The van der Waals surface area contributed by atoms with Crippen LogP contribution in [-0.4, -0.2) is 6.21 Å². The van der Waals surface area contributed by atoms with Crippen LogP contribution in [0, 0.1) is 0 Å². The van der Waals surface area contributed by atoms with E-state index in [2.05, 4.69) is 4.98 Å². The summed E-state index contributed by atoms with van der Waals surface area (Å²) < 4.78 is 0. The molecule has 0 fully saturated rings. The summed E-state index contributed by atoms with van der Waals surface area (Å²) >= 11 is 0. The molecule has 0 aliphatic rings. The van der Waals surface area contributed by atoms with Crippen LogP contribution in [-0.2, 0) is 20.4 Å². The smallest absolute Gasteiger partial charge is 0.812 e. The molecule has 44 valence electrons. The third-order valence-electron chi connectivity index (χ3n) is 0.709. The van der Waals surface area contributed by atoms with E-state index >= 15 is 0 Å². The molecule has 1 aromatic heterocycles. The molecule has 1 aromatic rings. The van der Waals surface area contributed by atoms with Gasteiger partial charge in [0.15, 0.2) is 0 Å². The summed E-state index contributed by atoms with van der Waals surface area (Å²) in [6.07, 6.45) is 2.60. The molecule has 0 atom stereocenters. The van der Waals surface area contributed by atoms with Gasteiger partial charge in [-0.2, -0.15) is 11.9 Å². The molecular weight excluding hydrogens is 194 g/mol. The Kier molecular flexibility index (Phi) is 3.42. The molecule has 0 spiro atoms. The minimum Gasteiger partial charge on any atom is -0.812 e. The van der Waals surface area contributed by atoms with Crippen molar-refractivity contribution in [3.63, 3.8) is 0 Å². The van der Waals surface area contributed by atoms with Crippen molar-refractivity contribution in [1.29, 1.82) is 0 Å². The van der Waals surface area contributed by atoms with Crippen LogP contribution in [0.3, 0.4) is 0 Å². The number of hydrogen-bond acceptors (Lipinski definition) is 0. The molecule has 0 saturated heterocycles. The van der Waals surface area contributed by atoms with Crippen molar-refractivity contribution in [3.8, 4) is 0 Å². The number of rotatable bonds is 1. The summed E-state index contributed by atoms with van der Waals surface area (Å²) in [5.74, 6) is 0. The van der Waals surface area contributed by atoms with Crippen molar-refractivity contribution in [2.45, 2.75) is 0 Å². The largest absolute Gasteiger partial charge is 2.00 e. The monoisotopic (exact) mass is 198 g/mol. The molecule has 0 aliphatic heterocycles. The summed E-state index contributed by atoms with van der Waals surface area (Å²) in [6, 6.07) is 3.49. The van der Waals surface area contributed by atoms with E-state index in [9.17, 15) is 0 Å². The van der Waals surface area contributed by atoms with Gasteiger partial charge in [0.05, 0.1) is 0 Å². The summed E-state index contributed by atoms with van der Waals surface area (Å²) in [6.45, 7) is 0. The molecule has 2 nitrogen and oxygen atoms in total. The predicted octanol–water partition coefficient (Wildman–Crippen LogP) is 0.630. The van der Waals surface area contributed by atoms with Crippen LogP contribution >= 0.6 is 0 Å². The topological polar surface area (TPSA) is 36.4 Å². The quantitative estimate of drug-likeness (QED) is 0.482. The first-order valence-corrected chi connectivity index (χ1v) is 1.98. The summed E-state index contributed by atoms with van der Waals surface area (Å²) in [5.41, 5.74) is 0.611. The second-order valence-corrected chi connectivity index (χ2v) is 1.19. The summed E-state index contributed by atoms with van der Waals surface area (Å²) in [4.78, 5) is 3.73. The van der Waals surface area contributed by atoms with Crippen LogP contribution in [0.15, 0.2) is 18.3 Å². The maximum Gasteiger partial charge on any atom is 2.00 e. The standard InChI is InChI=1S/C5H4N2.Pd/c6-4-5-2-1-3-7-5;/h1-4H;/q-2;+2. The van der Waals surface area contributed by atoms with Gasteiger partial charge >= 0.3 is 20.4 Å². The van der Waals surface area contributed by atoms with Gasteiger partial charge in [-0.1, -0.05) is 12.1 Å². The number of nitrogens with zero attached hydrogens (tertiary/aromatic N) is 2. The van der Waals surface area contributed by atoms with E-state index < -0.39 is 0 Å². The fraction of sp³-hybridized carbons (Fsp3) is 0. The Bertz CT molecular complexity index is 145. The van der Waals surface area contributed by atoms with E-state index in [-0.39, 0.29) is 20.4 Å². The van der Waals surface area contributed by atoms with Gasteiger partial charge in [0, 0.05) is 0 Å². The Morgan fingerprint density at radius 2 is 2.38 bits per heavy atom. The van der Waals surface area contributed by atoms with Gasteiger partial charge in [0.2, 0.25) is 0 Å². The third kappa shape index (κ3) is 1.61. The van der Waals surface area contributed by atoms with E-state index in [0.717, 1.165) is 6.21 Å². The van der Waals surface area contributed by atoms with E-state index in [0.29, 0.717) is 5.69 Å². The normalized spacial score (nSPS) is 7.50. The first-order chi connectivity index (χ1) is 3.43. The number of hydrogen-bond donors (Lipinski definition) is 0. The Morgan fingerprint density at radius 1 is 1.62 bits per heavy atom. The van der Waals surface area contributed by atoms with Crippen LogP contribution in [0.2, 0.25) is 0 Å². The first kappa shape index (κ1) is 7.61. The van der Waals surface area contributed by atoms with Gasteiger partial charge in [-0.3, -0.25) is 0 Å². The van der Waals surface area contributed by atoms with Crippen molar-refractivity contribution < 1.29 is 20.4 Å². The predicted molar refractivity (Wildman–Crippen MR) is 28.3 cm³/mol. The average Bonchev–Trinajstić information content (AvgIpc) is 2.14. The van der Waals surface area contributed by atoms with Crippen molar-refractivity contribution in [3.05, 3.63) is 29.4 Å². The van der Waals surface area contributed by atoms with E-state index in [1.54, 1.807) is 18.3 Å². The zero-order valence-electron chi connectivity index (χ0n) is 4.02. The maximum atomic E-state index is 8.24. The molecule has 0 N–H and O–H groups in total. The molecule has 8 heavy (non-hydrogen) atoms. The van der Waals surface area contributed by atoms with Gasteiger partial charge < -0.3 is 10.4 Å². The molecule has 0 radical (unpaired) electrons. The van der Waals surface area contributed by atoms with Gasteiger partial charge in [0.25, 0.3) is 0 Å². The fourth-order valence-corrected chi connectivity index (χ4v) is 0.390. The third-order valence-corrected chi connectivity index (χ3v) is 0.709. The molecule has 0 aliphatic carbocycles. The van der Waals surface area contributed by atoms with Crippen LogP contribution in [0.25, 0.3) is 5.41 Å². The number of aromatic nitrogens is 1. The molecule has 0 aromatic carbocycles. The first-order valence-electron chi connectivity index (χ1n) is 1.98. The van der Waals surface area contributed by atoms with E-state index in [1.165, 1.54) is 0 Å². The molecule has 1 rings (SSSR count). The Balaban J connectivity index is 0.000000490. The van der Waals surface area contributed by atoms with Crippen LogP contribution < -0.4 is 4.98 Å². The second kappa shape index (κ2) is 3.59. The van der Waals surface area contributed by atoms with Crippen LogP contribution in [0.1, 0.15) is 5.69 Å². The van der Waals surface area contributed by atoms with Gasteiger partial charge in [-0.05, 0) is 0 Å². The fourth-order valence-electron chi connectivity index (χ4n) is 0.390. The minimum atomic E-state index is 0. The second-order valence-electron chi connectivity index (χ2n) is 1.19. The van der Waals surface area contributed by atoms with E-state index in [1.807, 2.05) is 0 Å². The maximum absolute atomic E-state index is 8.24. The minimum absolute atomic E-state index is 0. The van der Waals surface area contributed by atoms with Gasteiger partial charge in [0.1, 0.15) is 0 Å². The van der Waals surface area contributed by atoms with Crippen LogP contribution in [0.4, 0.5) is 0 Å².